The molecule has 11 heteroatoms. The number of hydrogen-bond acceptors (Lipinski definition) is 4. The monoisotopic (exact) mass is 492 g/mol. The summed E-state index contributed by atoms with van der Waals surface area (Å²) in [6.07, 6.45) is -3.68. The Morgan fingerprint density at radius 2 is 2.04 bits per heavy atom. The number of halogens is 5. The number of thioether (sulfide) groups is 1. The van der Waals surface area contributed by atoms with Crippen LogP contribution in [0.5, 0.6) is 0 Å². The highest BCUT2D eigenvalue weighted by molar-refractivity contribution is 9.10. The van der Waals surface area contributed by atoms with Crippen molar-refractivity contribution in [3.8, 4) is 0 Å². The molecule has 28 heavy (non-hydrogen) atoms. The Hall–Kier alpha value is -1.78. The number of benzene rings is 1. The zero-order valence-electron chi connectivity index (χ0n) is 14.4. The molecule has 3 aromatic rings. The van der Waals surface area contributed by atoms with E-state index in [9.17, 15) is 18.0 Å². The van der Waals surface area contributed by atoms with Crippen LogP contribution in [-0.4, -0.2) is 38.2 Å². The van der Waals surface area contributed by atoms with E-state index in [0.29, 0.717) is 6.54 Å². The normalized spacial score (nSPS) is 11.8. The van der Waals surface area contributed by atoms with Gasteiger partial charge in [0.1, 0.15) is 0 Å². The Labute approximate surface area is 176 Å². The third kappa shape index (κ3) is 4.61. The minimum atomic E-state index is -4.55. The molecule has 0 aliphatic heterocycles. The number of alkyl halides is 3. The SMILES string of the molecule is CN(Cc1ccccc1Br)C(=O)CSc1nnc2c(Cl)cc(C(F)(F)F)cn12. The quantitative estimate of drug-likeness (QED) is 0.474. The number of carbonyl (C=O) groups excluding carboxylic acids is 1. The molecule has 0 saturated heterocycles. The third-order valence-corrected chi connectivity index (χ3v) is 5.85. The Kier molecular flexibility index (Phi) is 6.21. The lowest BCUT2D eigenvalue weighted by Crippen LogP contribution is -2.28. The smallest absolute Gasteiger partial charge is 0.341 e. The molecule has 5 nitrogen and oxygen atoms in total. The molecule has 2 aromatic heterocycles. The Morgan fingerprint density at radius 1 is 1.32 bits per heavy atom. The molecular formula is C17H13BrClF3N4OS. The van der Waals surface area contributed by atoms with E-state index in [1.54, 1.807) is 7.05 Å². The molecule has 2 heterocycles. The van der Waals surface area contributed by atoms with Gasteiger partial charge >= 0.3 is 6.18 Å². The topological polar surface area (TPSA) is 50.5 Å². The highest BCUT2D eigenvalue weighted by Gasteiger charge is 2.32. The summed E-state index contributed by atoms with van der Waals surface area (Å²) in [7, 11) is 1.66. The van der Waals surface area contributed by atoms with Crippen molar-refractivity contribution in [3.63, 3.8) is 0 Å². The van der Waals surface area contributed by atoms with Crippen LogP contribution >= 0.6 is 39.3 Å². The number of hydrogen-bond donors (Lipinski definition) is 0. The molecule has 0 unspecified atom stereocenters. The zero-order valence-corrected chi connectivity index (χ0v) is 17.5. The van der Waals surface area contributed by atoms with Crippen LogP contribution in [0.1, 0.15) is 11.1 Å². The third-order valence-electron chi connectivity index (χ3n) is 3.87. The summed E-state index contributed by atoms with van der Waals surface area (Å²) < 4.78 is 41.1. The highest BCUT2D eigenvalue weighted by atomic mass is 79.9. The van der Waals surface area contributed by atoms with Crippen molar-refractivity contribution in [1.82, 2.24) is 19.5 Å². The number of carbonyl (C=O) groups is 1. The molecule has 0 spiro atoms. The van der Waals surface area contributed by atoms with Crippen molar-refractivity contribution in [2.75, 3.05) is 12.8 Å². The largest absolute Gasteiger partial charge is 0.417 e. The fourth-order valence-corrected chi connectivity index (χ4v) is 3.90. The van der Waals surface area contributed by atoms with E-state index in [-0.39, 0.29) is 27.5 Å². The highest BCUT2D eigenvalue weighted by Crippen LogP contribution is 2.33. The van der Waals surface area contributed by atoms with Crippen LogP contribution in [0.2, 0.25) is 5.02 Å². The van der Waals surface area contributed by atoms with Gasteiger partial charge < -0.3 is 4.90 Å². The standard InChI is InChI=1S/C17H13BrClF3N4OS/c1-25(7-10-4-2-3-5-12(10)18)14(27)9-28-16-24-23-15-13(19)6-11(8-26(15)16)17(20,21)22/h2-6,8H,7,9H2,1H3. The average molecular weight is 494 g/mol. The summed E-state index contributed by atoms with van der Waals surface area (Å²) in [5.41, 5.74) is 0.132. The van der Waals surface area contributed by atoms with E-state index < -0.39 is 11.7 Å². The zero-order chi connectivity index (χ0) is 20.5. The van der Waals surface area contributed by atoms with Gasteiger partial charge in [-0.3, -0.25) is 9.20 Å². The van der Waals surface area contributed by atoms with Gasteiger partial charge in [0.05, 0.1) is 16.3 Å². The maximum atomic E-state index is 13.0. The first-order valence-electron chi connectivity index (χ1n) is 7.88. The number of aromatic nitrogens is 3. The van der Waals surface area contributed by atoms with Crippen LogP contribution in [0.4, 0.5) is 13.2 Å². The first-order valence-corrected chi connectivity index (χ1v) is 10.0. The molecule has 1 amide bonds. The molecule has 0 fully saturated rings. The predicted octanol–water partition coefficient (Wildman–Crippen LogP) is 4.91. The van der Waals surface area contributed by atoms with Crippen molar-refractivity contribution in [1.29, 1.82) is 0 Å². The molecule has 0 bridgehead atoms. The van der Waals surface area contributed by atoms with E-state index in [4.69, 9.17) is 11.6 Å². The number of fused-ring (bicyclic) bond motifs is 1. The number of nitrogens with zero attached hydrogens (tertiary/aromatic N) is 4. The summed E-state index contributed by atoms with van der Waals surface area (Å²) in [4.78, 5) is 13.9. The van der Waals surface area contributed by atoms with Gasteiger partial charge in [0.25, 0.3) is 0 Å². The fraction of sp³-hybridized carbons (Fsp3) is 0.235. The summed E-state index contributed by atoms with van der Waals surface area (Å²) in [5.74, 6) is -0.203. The molecule has 0 saturated carbocycles. The van der Waals surface area contributed by atoms with Crippen molar-refractivity contribution < 1.29 is 18.0 Å². The van der Waals surface area contributed by atoms with Crippen LogP contribution in [0, 0.1) is 0 Å². The van der Waals surface area contributed by atoms with Crippen molar-refractivity contribution >= 4 is 50.8 Å². The van der Waals surface area contributed by atoms with Gasteiger partial charge in [-0.05, 0) is 17.7 Å². The van der Waals surface area contributed by atoms with E-state index in [1.165, 1.54) is 4.90 Å². The van der Waals surface area contributed by atoms with E-state index in [0.717, 1.165) is 38.5 Å². The molecule has 0 radical (unpaired) electrons. The Bertz CT molecular complexity index is 1030. The van der Waals surface area contributed by atoms with Crippen LogP contribution in [0.3, 0.4) is 0 Å². The van der Waals surface area contributed by atoms with Crippen molar-refractivity contribution in [3.05, 3.63) is 57.2 Å². The number of pyridine rings is 1. The molecule has 0 aliphatic rings. The Morgan fingerprint density at radius 3 is 2.71 bits per heavy atom. The molecule has 0 atom stereocenters. The predicted molar refractivity (Wildman–Crippen MR) is 104 cm³/mol. The maximum Gasteiger partial charge on any atom is 0.417 e. The first-order chi connectivity index (χ1) is 13.2. The van der Waals surface area contributed by atoms with Crippen molar-refractivity contribution in [2.45, 2.75) is 17.9 Å². The summed E-state index contributed by atoms with van der Waals surface area (Å²) in [5, 5.41) is 7.66. The second kappa shape index (κ2) is 8.30. The molecule has 1 aromatic carbocycles. The van der Waals surface area contributed by atoms with E-state index >= 15 is 0 Å². The van der Waals surface area contributed by atoms with Crippen LogP contribution < -0.4 is 0 Å². The second-order valence-corrected chi connectivity index (χ2v) is 8.08. The van der Waals surface area contributed by atoms with Gasteiger partial charge in [-0.15, -0.1) is 10.2 Å². The number of rotatable bonds is 5. The van der Waals surface area contributed by atoms with Crippen LogP contribution in [-0.2, 0) is 17.5 Å². The molecule has 0 N–H and O–H groups in total. The fourth-order valence-electron chi connectivity index (χ4n) is 2.39. The van der Waals surface area contributed by atoms with E-state index in [2.05, 4.69) is 26.1 Å². The van der Waals surface area contributed by atoms with Crippen LogP contribution in [0.15, 0.2) is 46.2 Å². The summed E-state index contributed by atoms with van der Waals surface area (Å²) >= 11 is 10.3. The van der Waals surface area contributed by atoms with E-state index in [1.807, 2.05) is 24.3 Å². The molecular weight excluding hydrogens is 481 g/mol. The van der Waals surface area contributed by atoms with Gasteiger partial charge in [-0.2, -0.15) is 13.2 Å². The summed E-state index contributed by atoms with van der Waals surface area (Å²) in [6.45, 7) is 0.394. The second-order valence-electron chi connectivity index (χ2n) is 5.88. The Balaban J connectivity index is 1.73. The van der Waals surface area contributed by atoms with Crippen LogP contribution in [0.25, 0.3) is 5.65 Å². The average Bonchev–Trinajstić information content (AvgIpc) is 3.04. The van der Waals surface area contributed by atoms with Gasteiger partial charge in [-0.1, -0.05) is 57.5 Å². The lowest BCUT2D eigenvalue weighted by atomic mass is 10.2. The molecule has 3 rings (SSSR count). The minimum Gasteiger partial charge on any atom is -0.341 e. The first kappa shape index (κ1) is 20.9. The summed E-state index contributed by atoms with van der Waals surface area (Å²) in [6, 6.07) is 8.33. The minimum absolute atomic E-state index is 0.00435. The molecule has 0 aliphatic carbocycles. The lowest BCUT2D eigenvalue weighted by molar-refractivity contribution is -0.138. The lowest BCUT2D eigenvalue weighted by Gasteiger charge is -2.17. The van der Waals surface area contributed by atoms with Gasteiger partial charge in [-0.25, -0.2) is 0 Å². The van der Waals surface area contributed by atoms with Gasteiger partial charge in [0.2, 0.25) is 5.91 Å². The van der Waals surface area contributed by atoms with Crippen molar-refractivity contribution in [2.24, 2.45) is 0 Å². The van der Waals surface area contributed by atoms with Gasteiger partial charge in [0.15, 0.2) is 10.8 Å². The number of amides is 1. The molecule has 148 valence electrons. The van der Waals surface area contributed by atoms with Gasteiger partial charge in [0, 0.05) is 24.3 Å². The maximum absolute atomic E-state index is 13.0.